The molecule has 0 saturated carbocycles. The minimum Gasteiger partial charge on any atom is -0.493 e. The molecule has 0 spiro atoms. The minimum atomic E-state index is 0.440. The van der Waals surface area contributed by atoms with Crippen LogP contribution in [0, 0.1) is 0 Å². The van der Waals surface area contributed by atoms with Gasteiger partial charge in [0.2, 0.25) is 0 Å². The molecule has 1 aliphatic heterocycles. The van der Waals surface area contributed by atoms with Gasteiger partial charge in [-0.25, -0.2) is 0 Å². The van der Waals surface area contributed by atoms with Gasteiger partial charge < -0.3 is 10.1 Å². The zero-order valence-electron chi connectivity index (χ0n) is 9.63. The number of rotatable bonds is 3. The van der Waals surface area contributed by atoms with Gasteiger partial charge >= 0.3 is 0 Å². The molecule has 2 rings (SSSR count). The van der Waals surface area contributed by atoms with E-state index in [1.807, 2.05) is 6.07 Å². The van der Waals surface area contributed by atoms with E-state index in [9.17, 15) is 0 Å². The van der Waals surface area contributed by atoms with Crippen molar-refractivity contribution in [2.45, 2.75) is 32.2 Å². The molecular weight excluding hydrogens is 266 g/mol. The highest BCUT2D eigenvalue weighted by atomic mass is 79.9. The summed E-state index contributed by atoms with van der Waals surface area (Å²) in [6, 6.07) is 6.72. The maximum atomic E-state index is 5.75. The molecule has 1 atom stereocenters. The fourth-order valence-electron chi connectivity index (χ4n) is 2.08. The molecular formula is C13H18BrNO. The average molecular weight is 284 g/mol. The van der Waals surface area contributed by atoms with Crippen LogP contribution in [-0.2, 0) is 0 Å². The van der Waals surface area contributed by atoms with E-state index in [4.69, 9.17) is 4.74 Å². The summed E-state index contributed by atoms with van der Waals surface area (Å²) in [5, 5.41) is 3.59. The molecule has 1 aromatic rings. The number of benzene rings is 1. The second kappa shape index (κ2) is 5.69. The quantitative estimate of drug-likeness (QED) is 0.914. The molecule has 0 aliphatic carbocycles. The van der Waals surface area contributed by atoms with Gasteiger partial charge in [-0.05, 0) is 44.0 Å². The summed E-state index contributed by atoms with van der Waals surface area (Å²) in [5.74, 6) is 1.04. The van der Waals surface area contributed by atoms with Crippen molar-refractivity contribution in [3.8, 4) is 5.75 Å². The van der Waals surface area contributed by atoms with Crippen LogP contribution in [0.4, 0.5) is 0 Å². The fraction of sp³-hybridized carbons (Fsp3) is 0.538. The van der Waals surface area contributed by atoms with E-state index < -0.39 is 0 Å². The van der Waals surface area contributed by atoms with Gasteiger partial charge in [0.1, 0.15) is 5.75 Å². The molecule has 16 heavy (non-hydrogen) atoms. The Morgan fingerprint density at radius 2 is 2.38 bits per heavy atom. The third-order valence-corrected chi connectivity index (χ3v) is 3.38. The lowest BCUT2D eigenvalue weighted by molar-refractivity contribution is 0.315. The van der Waals surface area contributed by atoms with Crippen molar-refractivity contribution in [2.24, 2.45) is 0 Å². The Morgan fingerprint density at radius 1 is 1.50 bits per heavy atom. The number of hydrogen-bond donors (Lipinski definition) is 1. The van der Waals surface area contributed by atoms with Crippen molar-refractivity contribution >= 4 is 15.9 Å². The van der Waals surface area contributed by atoms with E-state index >= 15 is 0 Å². The van der Waals surface area contributed by atoms with Crippen LogP contribution in [0.25, 0.3) is 0 Å². The second-order valence-corrected chi connectivity index (χ2v) is 5.10. The van der Waals surface area contributed by atoms with E-state index in [1.54, 1.807) is 0 Å². The predicted molar refractivity (Wildman–Crippen MR) is 69.9 cm³/mol. The van der Waals surface area contributed by atoms with E-state index in [1.165, 1.54) is 12.0 Å². The zero-order chi connectivity index (χ0) is 11.4. The molecule has 0 bridgehead atoms. The Hall–Kier alpha value is -0.540. The molecule has 1 unspecified atom stereocenters. The first-order chi connectivity index (χ1) is 7.81. The molecule has 1 aliphatic rings. The van der Waals surface area contributed by atoms with Crippen molar-refractivity contribution in [3.63, 3.8) is 0 Å². The average Bonchev–Trinajstić information content (AvgIpc) is 2.48. The van der Waals surface area contributed by atoms with Gasteiger partial charge in [-0.1, -0.05) is 22.9 Å². The van der Waals surface area contributed by atoms with E-state index in [0.29, 0.717) is 6.04 Å². The molecule has 3 heteroatoms. The maximum absolute atomic E-state index is 5.75. The van der Waals surface area contributed by atoms with Crippen LogP contribution in [0.5, 0.6) is 5.75 Å². The smallest absolute Gasteiger partial charge is 0.124 e. The van der Waals surface area contributed by atoms with Crippen LogP contribution in [-0.4, -0.2) is 13.2 Å². The normalized spacial score (nSPS) is 19.8. The first-order valence-corrected chi connectivity index (χ1v) is 6.76. The zero-order valence-corrected chi connectivity index (χ0v) is 11.2. The molecule has 1 aromatic carbocycles. The third kappa shape index (κ3) is 2.77. The minimum absolute atomic E-state index is 0.440. The van der Waals surface area contributed by atoms with Crippen molar-refractivity contribution in [1.29, 1.82) is 0 Å². The van der Waals surface area contributed by atoms with E-state index in [0.717, 1.165) is 36.2 Å². The first-order valence-electron chi connectivity index (χ1n) is 5.97. The van der Waals surface area contributed by atoms with Crippen LogP contribution < -0.4 is 10.1 Å². The SMILES string of the molecule is CCCNC1CCCOc2ccc(Br)cc21. The molecule has 0 amide bonds. The lowest BCUT2D eigenvalue weighted by Crippen LogP contribution is -2.21. The Morgan fingerprint density at radius 3 is 3.19 bits per heavy atom. The highest BCUT2D eigenvalue weighted by Gasteiger charge is 2.19. The third-order valence-electron chi connectivity index (χ3n) is 2.88. The van der Waals surface area contributed by atoms with Crippen LogP contribution in [0.2, 0.25) is 0 Å². The van der Waals surface area contributed by atoms with Gasteiger partial charge in [-0.15, -0.1) is 0 Å². The van der Waals surface area contributed by atoms with Gasteiger partial charge in [0.25, 0.3) is 0 Å². The van der Waals surface area contributed by atoms with Gasteiger partial charge in [0.05, 0.1) is 6.61 Å². The first kappa shape index (κ1) is 11.9. The molecule has 0 radical (unpaired) electrons. The van der Waals surface area contributed by atoms with Gasteiger partial charge in [-0.2, -0.15) is 0 Å². The summed E-state index contributed by atoms with van der Waals surface area (Å²) in [6.07, 6.45) is 3.44. The molecule has 0 aromatic heterocycles. The van der Waals surface area contributed by atoms with Gasteiger partial charge in [0, 0.05) is 16.1 Å². The Labute approximate surface area is 106 Å². The molecule has 2 nitrogen and oxygen atoms in total. The topological polar surface area (TPSA) is 21.3 Å². The number of hydrogen-bond acceptors (Lipinski definition) is 2. The summed E-state index contributed by atoms with van der Waals surface area (Å²) in [5.41, 5.74) is 1.29. The summed E-state index contributed by atoms with van der Waals surface area (Å²) < 4.78 is 6.88. The highest BCUT2D eigenvalue weighted by Crippen LogP contribution is 2.33. The van der Waals surface area contributed by atoms with Crippen LogP contribution in [0.3, 0.4) is 0 Å². The van der Waals surface area contributed by atoms with Crippen LogP contribution in [0.1, 0.15) is 37.8 Å². The molecule has 0 saturated heterocycles. The molecule has 1 N–H and O–H groups in total. The summed E-state index contributed by atoms with van der Waals surface area (Å²) in [6.45, 7) is 4.09. The van der Waals surface area contributed by atoms with Crippen LogP contribution in [0.15, 0.2) is 22.7 Å². The fourth-order valence-corrected chi connectivity index (χ4v) is 2.46. The lowest BCUT2D eigenvalue weighted by atomic mass is 10.0. The van der Waals surface area contributed by atoms with Crippen molar-refractivity contribution < 1.29 is 4.74 Å². The summed E-state index contributed by atoms with van der Waals surface area (Å²) >= 11 is 3.53. The predicted octanol–water partition coefficient (Wildman–Crippen LogP) is 3.66. The van der Waals surface area contributed by atoms with Crippen molar-refractivity contribution in [3.05, 3.63) is 28.2 Å². The Bertz CT molecular complexity index is 354. The van der Waals surface area contributed by atoms with E-state index in [2.05, 4.69) is 40.3 Å². The van der Waals surface area contributed by atoms with Gasteiger partial charge in [0.15, 0.2) is 0 Å². The number of halogens is 1. The number of nitrogens with one attached hydrogen (secondary N) is 1. The Kier molecular flexibility index (Phi) is 4.24. The van der Waals surface area contributed by atoms with Crippen molar-refractivity contribution in [1.82, 2.24) is 5.32 Å². The largest absolute Gasteiger partial charge is 0.493 e. The molecule has 1 heterocycles. The molecule has 88 valence electrons. The summed E-state index contributed by atoms with van der Waals surface area (Å²) in [7, 11) is 0. The van der Waals surface area contributed by atoms with Gasteiger partial charge in [-0.3, -0.25) is 0 Å². The second-order valence-electron chi connectivity index (χ2n) is 4.18. The summed E-state index contributed by atoms with van der Waals surface area (Å²) in [4.78, 5) is 0. The van der Waals surface area contributed by atoms with E-state index in [-0.39, 0.29) is 0 Å². The standard InChI is InChI=1S/C13H18BrNO/c1-2-7-15-12-4-3-8-16-13-6-5-10(14)9-11(12)13/h5-6,9,12,15H,2-4,7-8H2,1H3. The lowest BCUT2D eigenvalue weighted by Gasteiger charge is -2.18. The highest BCUT2D eigenvalue weighted by molar-refractivity contribution is 9.10. The Balaban J connectivity index is 2.24. The molecule has 0 fully saturated rings. The monoisotopic (exact) mass is 283 g/mol. The van der Waals surface area contributed by atoms with Crippen molar-refractivity contribution in [2.75, 3.05) is 13.2 Å². The number of fused-ring (bicyclic) bond motifs is 1. The maximum Gasteiger partial charge on any atom is 0.124 e. The van der Waals surface area contributed by atoms with Crippen LogP contribution >= 0.6 is 15.9 Å². The number of ether oxygens (including phenoxy) is 1.